The van der Waals surface area contributed by atoms with Crippen LogP contribution >= 0.6 is 0 Å². The fourth-order valence-corrected chi connectivity index (χ4v) is 5.22. The van der Waals surface area contributed by atoms with Crippen molar-refractivity contribution in [3.63, 3.8) is 0 Å². The molecule has 1 N–H and O–H groups in total. The molecular weight excluding hydrogens is 399 g/mol. The van der Waals surface area contributed by atoms with E-state index in [1.807, 2.05) is 0 Å². The molecule has 1 amide bonds. The van der Waals surface area contributed by atoms with E-state index in [0.29, 0.717) is 42.8 Å². The molecule has 1 aromatic heterocycles. The second-order valence-corrected chi connectivity index (χ2v) is 8.98. The normalized spacial score (nSPS) is 23.5. The van der Waals surface area contributed by atoms with E-state index in [0.717, 1.165) is 26.1 Å². The summed E-state index contributed by atoms with van der Waals surface area (Å²) in [6.45, 7) is 3.99. The van der Waals surface area contributed by atoms with Crippen molar-refractivity contribution in [3.8, 4) is 11.3 Å². The molecule has 1 unspecified atom stereocenters. The Balaban J connectivity index is 1.24. The molecule has 0 aliphatic carbocycles. The van der Waals surface area contributed by atoms with Crippen molar-refractivity contribution in [1.82, 2.24) is 20.0 Å². The zero-order valence-electron chi connectivity index (χ0n) is 17.5. The van der Waals surface area contributed by atoms with E-state index in [2.05, 4.69) is 15.1 Å². The Morgan fingerprint density at radius 1 is 1.23 bits per heavy atom. The van der Waals surface area contributed by atoms with Gasteiger partial charge in [0.05, 0.1) is 22.9 Å². The van der Waals surface area contributed by atoms with E-state index < -0.39 is 5.41 Å². The zero-order valence-corrected chi connectivity index (χ0v) is 17.5. The maximum atomic E-state index is 13.6. The summed E-state index contributed by atoms with van der Waals surface area (Å²) in [6.07, 6.45) is 5.85. The number of nitrogens with one attached hydrogen (secondary N) is 1. The maximum Gasteiger partial charge on any atom is 0.312 e. The van der Waals surface area contributed by atoms with Gasteiger partial charge >= 0.3 is 5.97 Å². The molecule has 0 saturated carbocycles. The highest BCUT2D eigenvalue weighted by molar-refractivity contribution is 6.00. The molecule has 31 heavy (non-hydrogen) atoms. The van der Waals surface area contributed by atoms with Gasteiger partial charge in [-0.05, 0) is 50.9 Å². The first kappa shape index (κ1) is 20.2. The minimum atomic E-state index is -0.469. The summed E-state index contributed by atoms with van der Waals surface area (Å²) in [7, 11) is 0. The number of rotatable bonds is 4. The maximum absolute atomic E-state index is 13.6. The molecule has 0 radical (unpaired) electrons. The van der Waals surface area contributed by atoms with E-state index >= 15 is 0 Å². The quantitative estimate of drug-likeness (QED) is 0.761. The van der Waals surface area contributed by atoms with Gasteiger partial charge in [-0.1, -0.05) is 12.1 Å². The SMILES string of the molecule is O=C(c1cn[nH]c1-c1cccc(F)c1)N1CCC2(CC1)CC(CN1CCCC1)OC2=O. The summed E-state index contributed by atoms with van der Waals surface area (Å²) >= 11 is 0. The third kappa shape index (κ3) is 3.84. The van der Waals surface area contributed by atoms with Crippen LogP contribution < -0.4 is 0 Å². The van der Waals surface area contributed by atoms with E-state index in [9.17, 15) is 14.0 Å². The number of likely N-dealkylation sites (tertiary alicyclic amines) is 2. The van der Waals surface area contributed by atoms with Crippen LogP contribution in [0.5, 0.6) is 0 Å². The Labute approximate surface area is 180 Å². The monoisotopic (exact) mass is 426 g/mol. The number of aromatic nitrogens is 2. The predicted octanol–water partition coefficient (Wildman–Crippen LogP) is 2.85. The molecule has 0 bridgehead atoms. The number of hydrogen-bond donors (Lipinski definition) is 1. The van der Waals surface area contributed by atoms with Crippen molar-refractivity contribution < 1.29 is 18.7 Å². The number of carbonyl (C=O) groups is 2. The molecule has 8 heteroatoms. The van der Waals surface area contributed by atoms with Crippen LogP contribution in [0.15, 0.2) is 30.5 Å². The Morgan fingerprint density at radius 2 is 2.00 bits per heavy atom. The number of amides is 1. The number of hydrogen-bond acceptors (Lipinski definition) is 5. The third-order valence-corrected chi connectivity index (χ3v) is 6.98. The van der Waals surface area contributed by atoms with Crippen LogP contribution in [0.3, 0.4) is 0 Å². The minimum absolute atomic E-state index is 0.0405. The lowest BCUT2D eigenvalue weighted by atomic mass is 9.76. The van der Waals surface area contributed by atoms with Crippen LogP contribution in [0.4, 0.5) is 4.39 Å². The lowest BCUT2D eigenvalue weighted by Gasteiger charge is -2.36. The van der Waals surface area contributed by atoms with E-state index in [1.165, 1.54) is 31.2 Å². The molecule has 4 heterocycles. The second-order valence-electron chi connectivity index (χ2n) is 8.98. The number of benzene rings is 1. The molecule has 1 atom stereocenters. The number of cyclic esters (lactones) is 1. The molecule has 2 aromatic rings. The summed E-state index contributed by atoms with van der Waals surface area (Å²) in [5.41, 5.74) is 1.04. The summed E-state index contributed by atoms with van der Waals surface area (Å²) in [4.78, 5) is 30.0. The van der Waals surface area contributed by atoms with Crippen LogP contribution in [0, 0.1) is 11.2 Å². The molecule has 1 aromatic carbocycles. The van der Waals surface area contributed by atoms with Crippen molar-refractivity contribution in [1.29, 1.82) is 0 Å². The van der Waals surface area contributed by atoms with Gasteiger partial charge in [-0.3, -0.25) is 19.6 Å². The largest absolute Gasteiger partial charge is 0.461 e. The Hall–Kier alpha value is -2.74. The van der Waals surface area contributed by atoms with Crippen LogP contribution in [0.25, 0.3) is 11.3 Å². The first-order valence-corrected chi connectivity index (χ1v) is 11.1. The smallest absolute Gasteiger partial charge is 0.312 e. The highest BCUT2D eigenvalue weighted by atomic mass is 19.1. The molecule has 3 aliphatic rings. The van der Waals surface area contributed by atoms with Gasteiger partial charge in [0, 0.05) is 31.6 Å². The molecule has 5 rings (SSSR count). The summed E-state index contributed by atoms with van der Waals surface area (Å²) in [6, 6.07) is 6.09. The average Bonchev–Trinajstić information content (AvgIpc) is 3.50. The van der Waals surface area contributed by atoms with Crippen LogP contribution in [-0.4, -0.2) is 70.7 Å². The number of nitrogens with zero attached hydrogens (tertiary/aromatic N) is 3. The lowest BCUT2D eigenvalue weighted by Crippen LogP contribution is -2.45. The number of piperidine rings is 1. The second kappa shape index (κ2) is 8.07. The molecule has 1 spiro atoms. The summed E-state index contributed by atoms with van der Waals surface area (Å²) < 4.78 is 19.4. The molecule has 3 aliphatic heterocycles. The highest BCUT2D eigenvalue weighted by Gasteiger charge is 2.51. The van der Waals surface area contributed by atoms with Crippen molar-refractivity contribution in [2.75, 3.05) is 32.7 Å². The van der Waals surface area contributed by atoms with Crippen molar-refractivity contribution in [2.45, 2.75) is 38.2 Å². The van der Waals surface area contributed by atoms with E-state index in [4.69, 9.17) is 4.74 Å². The average molecular weight is 426 g/mol. The van der Waals surface area contributed by atoms with Gasteiger partial charge in [0.15, 0.2) is 0 Å². The molecule has 3 saturated heterocycles. The minimum Gasteiger partial charge on any atom is -0.461 e. The predicted molar refractivity (Wildman–Crippen MR) is 112 cm³/mol. The number of aromatic amines is 1. The number of H-pyrrole nitrogens is 1. The van der Waals surface area contributed by atoms with Crippen molar-refractivity contribution in [3.05, 3.63) is 41.8 Å². The number of ether oxygens (including phenoxy) is 1. The zero-order chi connectivity index (χ0) is 21.4. The van der Waals surface area contributed by atoms with Gasteiger partial charge < -0.3 is 9.64 Å². The number of halogens is 1. The molecular formula is C23H27FN4O3. The first-order chi connectivity index (χ1) is 15.0. The topological polar surface area (TPSA) is 78.5 Å². The molecule has 3 fully saturated rings. The van der Waals surface area contributed by atoms with Gasteiger partial charge in [-0.15, -0.1) is 0 Å². The molecule has 7 nitrogen and oxygen atoms in total. The number of carbonyl (C=O) groups excluding carboxylic acids is 2. The van der Waals surface area contributed by atoms with Gasteiger partial charge in [-0.2, -0.15) is 5.10 Å². The van der Waals surface area contributed by atoms with Gasteiger partial charge in [0.25, 0.3) is 5.91 Å². The van der Waals surface area contributed by atoms with Crippen LogP contribution in [0.2, 0.25) is 0 Å². The van der Waals surface area contributed by atoms with Crippen LogP contribution in [0.1, 0.15) is 42.5 Å². The van der Waals surface area contributed by atoms with Crippen LogP contribution in [-0.2, 0) is 9.53 Å². The summed E-state index contributed by atoms with van der Waals surface area (Å²) in [5, 5.41) is 6.83. The van der Waals surface area contributed by atoms with E-state index in [-0.39, 0.29) is 23.8 Å². The Morgan fingerprint density at radius 3 is 2.74 bits per heavy atom. The highest BCUT2D eigenvalue weighted by Crippen LogP contribution is 2.43. The van der Waals surface area contributed by atoms with Gasteiger partial charge in [0.1, 0.15) is 11.9 Å². The molecule has 164 valence electrons. The fourth-order valence-electron chi connectivity index (χ4n) is 5.22. The first-order valence-electron chi connectivity index (χ1n) is 11.1. The Bertz CT molecular complexity index is 977. The standard InChI is InChI=1S/C23H27FN4O3/c24-17-5-3-4-16(12-17)20-19(14-25-26-20)21(29)28-10-6-23(7-11-28)13-18(31-22(23)30)15-27-8-1-2-9-27/h3-5,12,14,18H,1-2,6-11,13,15H2,(H,25,26). The van der Waals surface area contributed by atoms with Gasteiger partial charge in [-0.25, -0.2) is 4.39 Å². The summed E-state index contributed by atoms with van der Waals surface area (Å²) in [5.74, 6) is -0.621. The third-order valence-electron chi connectivity index (χ3n) is 6.98. The Kier molecular flexibility index (Phi) is 5.25. The fraction of sp³-hybridized carbons (Fsp3) is 0.522. The van der Waals surface area contributed by atoms with E-state index in [1.54, 1.807) is 17.0 Å². The van der Waals surface area contributed by atoms with Crippen molar-refractivity contribution >= 4 is 11.9 Å². The lowest BCUT2D eigenvalue weighted by molar-refractivity contribution is -0.150. The van der Waals surface area contributed by atoms with Crippen molar-refractivity contribution in [2.24, 2.45) is 5.41 Å². The number of esters is 1. The van der Waals surface area contributed by atoms with Gasteiger partial charge in [0.2, 0.25) is 0 Å².